The van der Waals surface area contributed by atoms with Crippen LogP contribution in [-0.2, 0) is 4.74 Å². The zero-order valence-corrected chi connectivity index (χ0v) is 15.9. The van der Waals surface area contributed by atoms with Gasteiger partial charge in [0.15, 0.2) is 5.13 Å². The monoisotopic (exact) mass is 397 g/mol. The average Bonchev–Trinajstić information content (AvgIpc) is 3.02. The van der Waals surface area contributed by atoms with Crippen LogP contribution in [0.5, 0.6) is 5.88 Å². The highest BCUT2D eigenvalue weighted by Crippen LogP contribution is 2.38. The second kappa shape index (κ2) is 7.16. The zero-order valence-electron chi connectivity index (χ0n) is 15.1. The Morgan fingerprint density at radius 2 is 2.15 bits per heavy atom. The van der Waals surface area contributed by atoms with Crippen LogP contribution in [-0.4, -0.2) is 59.8 Å². The van der Waals surface area contributed by atoms with Crippen molar-refractivity contribution in [1.29, 1.82) is 0 Å². The van der Waals surface area contributed by atoms with Crippen LogP contribution >= 0.6 is 11.3 Å². The van der Waals surface area contributed by atoms with Gasteiger partial charge in [0.1, 0.15) is 15.9 Å². The number of nitrogens with zero attached hydrogens (tertiary/aromatic N) is 4. The fourth-order valence-electron chi connectivity index (χ4n) is 3.84. The first kappa shape index (κ1) is 18.3. The highest BCUT2D eigenvalue weighted by atomic mass is 32.1. The van der Waals surface area contributed by atoms with E-state index in [0.29, 0.717) is 27.4 Å². The molecule has 3 aliphatic rings. The van der Waals surface area contributed by atoms with Crippen molar-refractivity contribution in [1.82, 2.24) is 14.9 Å². The Bertz CT molecular complexity index is 853. The van der Waals surface area contributed by atoms with E-state index in [1.165, 1.54) is 17.4 Å². The summed E-state index contributed by atoms with van der Waals surface area (Å²) in [6.07, 6.45) is 2.26. The molecule has 0 amide bonds. The number of aliphatic imine (C=N–C) groups is 1. The molecule has 1 N–H and O–H groups in total. The van der Waals surface area contributed by atoms with E-state index in [1.807, 2.05) is 0 Å². The lowest BCUT2D eigenvalue weighted by atomic mass is 9.76. The Balaban J connectivity index is 1.48. The quantitative estimate of drug-likeness (QED) is 0.631. The molecule has 10 heteroatoms. The molecule has 0 radical (unpaired) electrons. The molecule has 0 spiro atoms. The number of anilines is 1. The fraction of sp³-hybridized carbons (Fsp3) is 0.588. The molecule has 1 atom stereocenters. The minimum atomic E-state index is -2.91. The standard InChI is InChI=1S/C17H21F2N5O2S/c1-17(9-24-7-5-10(17)6-8-24)26-15(20-2)23-16-21-11-3-4-12(25-14(18)19)22-13(11)27-16/h3-4,10,14H,5-9H2,1-2H3,(H,20,21,23)/t17-/m0/s1. The van der Waals surface area contributed by atoms with E-state index in [4.69, 9.17) is 4.74 Å². The number of nitrogens with one attached hydrogen (secondary N) is 1. The van der Waals surface area contributed by atoms with E-state index in [-0.39, 0.29) is 11.5 Å². The molecule has 2 aromatic heterocycles. The Kier molecular flexibility index (Phi) is 4.85. The molecular weight excluding hydrogens is 376 g/mol. The van der Waals surface area contributed by atoms with Crippen LogP contribution in [0.2, 0.25) is 0 Å². The molecule has 3 fully saturated rings. The molecule has 0 saturated carbocycles. The first-order valence-corrected chi connectivity index (χ1v) is 9.64. The number of thiazole rings is 1. The predicted molar refractivity (Wildman–Crippen MR) is 99.7 cm³/mol. The second-order valence-corrected chi connectivity index (χ2v) is 7.97. The maximum absolute atomic E-state index is 12.3. The summed E-state index contributed by atoms with van der Waals surface area (Å²) in [5.74, 6) is 0.375. The highest BCUT2D eigenvalue weighted by molar-refractivity contribution is 7.21. The number of amidine groups is 1. The summed E-state index contributed by atoms with van der Waals surface area (Å²) in [4.78, 5) is 15.6. The summed E-state index contributed by atoms with van der Waals surface area (Å²) in [6, 6.07) is 3.37. The van der Waals surface area contributed by atoms with Gasteiger partial charge in [0, 0.05) is 25.6 Å². The number of pyridine rings is 1. The number of rotatable bonds is 4. The Labute approximate surface area is 159 Å². The first-order valence-electron chi connectivity index (χ1n) is 8.83. The van der Waals surface area contributed by atoms with Crippen LogP contribution in [0.1, 0.15) is 19.8 Å². The SMILES string of the molecule is CN=C(Nc1nc2ccc(OC(F)F)nc2s1)O[C@@]1(C)CN2CCC1CC2. The minimum Gasteiger partial charge on any atom is -0.457 e. The molecular formula is C17H21F2N5O2S. The van der Waals surface area contributed by atoms with Gasteiger partial charge in [0.25, 0.3) is 6.02 Å². The summed E-state index contributed by atoms with van der Waals surface area (Å²) in [6.45, 7) is 2.36. The smallest absolute Gasteiger partial charge is 0.388 e. The van der Waals surface area contributed by atoms with Crippen LogP contribution in [0.15, 0.2) is 17.1 Å². The van der Waals surface area contributed by atoms with Gasteiger partial charge in [-0.25, -0.2) is 15.0 Å². The molecule has 0 aliphatic carbocycles. The number of piperidine rings is 3. The molecule has 7 nitrogen and oxygen atoms in total. The summed E-state index contributed by atoms with van der Waals surface area (Å²) in [5, 5.41) is 3.64. The molecule has 3 aliphatic heterocycles. The third kappa shape index (κ3) is 3.81. The van der Waals surface area contributed by atoms with Crippen molar-refractivity contribution in [2.45, 2.75) is 32.0 Å². The fourth-order valence-corrected chi connectivity index (χ4v) is 4.66. The molecule has 3 saturated heterocycles. The molecule has 27 heavy (non-hydrogen) atoms. The van der Waals surface area contributed by atoms with E-state index in [9.17, 15) is 8.78 Å². The Morgan fingerprint density at radius 3 is 2.78 bits per heavy atom. The second-order valence-electron chi connectivity index (χ2n) is 6.99. The lowest BCUT2D eigenvalue weighted by Crippen LogP contribution is -2.59. The number of alkyl halides is 2. The molecule has 5 rings (SSSR count). The molecule has 0 aromatic carbocycles. The Hall–Kier alpha value is -2.07. The highest BCUT2D eigenvalue weighted by Gasteiger charge is 2.45. The number of ether oxygens (including phenoxy) is 2. The van der Waals surface area contributed by atoms with E-state index in [1.54, 1.807) is 13.1 Å². The van der Waals surface area contributed by atoms with Crippen LogP contribution in [0.25, 0.3) is 10.3 Å². The van der Waals surface area contributed by atoms with Gasteiger partial charge in [0.2, 0.25) is 5.88 Å². The number of halogens is 2. The van der Waals surface area contributed by atoms with Crippen molar-refractivity contribution in [2.75, 3.05) is 32.0 Å². The summed E-state index contributed by atoms with van der Waals surface area (Å²) in [7, 11) is 1.66. The van der Waals surface area contributed by atoms with E-state index < -0.39 is 6.61 Å². The van der Waals surface area contributed by atoms with Crippen molar-refractivity contribution in [3.8, 4) is 5.88 Å². The maximum Gasteiger partial charge on any atom is 0.388 e. The van der Waals surface area contributed by atoms with Crippen LogP contribution in [0.3, 0.4) is 0 Å². The van der Waals surface area contributed by atoms with Gasteiger partial charge in [-0.15, -0.1) is 0 Å². The van der Waals surface area contributed by atoms with E-state index in [2.05, 4.69) is 36.8 Å². The predicted octanol–water partition coefficient (Wildman–Crippen LogP) is 3.19. The third-order valence-electron chi connectivity index (χ3n) is 5.18. The number of hydrogen-bond acceptors (Lipinski definition) is 7. The van der Waals surface area contributed by atoms with Crippen molar-refractivity contribution >= 4 is 32.8 Å². The van der Waals surface area contributed by atoms with Gasteiger partial charge < -0.3 is 9.47 Å². The van der Waals surface area contributed by atoms with Gasteiger partial charge in [-0.1, -0.05) is 11.3 Å². The summed E-state index contributed by atoms with van der Waals surface area (Å²) < 4.78 is 35.3. The lowest BCUT2D eigenvalue weighted by Gasteiger charge is -2.50. The molecule has 2 aromatic rings. The number of hydrogen-bond donors (Lipinski definition) is 1. The topological polar surface area (TPSA) is 71.9 Å². The third-order valence-corrected chi connectivity index (χ3v) is 6.06. The first-order chi connectivity index (χ1) is 12.9. The van der Waals surface area contributed by atoms with Crippen LogP contribution < -0.4 is 10.1 Å². The van der Waals surface area contributed by atoms with Crippen molar-refractivity contribution in [3.63, 3.8) is 0 Å². The largest absolute Gasteiger partial charge is 0.457 e. The molecule has 0 unspecified atom stereocenters. The van der Waals surface area contributed by atoms with Crippen molar-refractivity contribution in [3.05, 3.63) is 12.1 Å². The number of aromatic nitrogens is 2. The maximum atomic E-state index is 12.3. The van der Waals surface area contributed by atoms with Crippen LogP contribution in [0.4, 0.5) is 13.9 Å². The number of fused-ring (bicyclic) bond motifs is 4. The Morgan fingerprint density at radius 1 is 1.37 bits per heavy atom. The van der Waals surface area contributed by atoms with E-state index >= 15 is 0 Å². The van der Waals surface area contributed by atoms with Gasteiger partial charge in [-0.2, -0.15) is 8.78 Å². The molecule has 5 heterocycles. The normalized spacial score (nSPS) is 28.0. The minimum absolute atomic E-state index is 0.131. The van der Waals surface area contributed by atoms with Crippen molar-refractivity contribution < 1.29 is 18.3 Å². The summed E-state index contributed by atoms with van der Waals surface area (Å²) in [5.41, 5.74) is 0.305. The summed E-state index contributed by atoms with van der Waals surface area (Å²) >= 11 is 1.23. The molecule has 2 bridgehead atoms. The van der Waals surface area contributed by atoms with E-state index in [0.717, 1.165) is 32.5 Å². The lowest BCUT2D eigenvalue weighted by molar-refractivity contribution is -0.0885. The molecule has 146 valence electrons. The zero-order chi connectivity index (χ0) is 19.0. The van der Waals surface area contributed by atoms with Crippen molar-refractivity contribution in [2.24, 2.45) is 10.9 Å². The van der Waals surface area contributed by atoms with Gasteiger partial charge in [0.05, 0.1) is 0 Å². The van der Waals surface area contributed by atoms with Gasteiger partial charge >= 0.3 is 6.61 Å². The average molecular weight is 397 g/mol. The van der Waals surface area contributed by atoms with Crippen LogP contribution in [0, 0.1) is 5.92 Å². The van der Waals surface area contributed by atoms with Gasteiger partial charge in [-0.05, 0) is 38.9 Å². The van der Waals surface area contributed by atoms with Gasteiger partial charge in [-0.3, -0.25) is 10.2 Å².